The molecule has 0 saturated heterocycles. The molecular weight excluding hydrogens is 200 g/mol. The Labute approximate surface area is 85.1 Å². The average Bonchev–Trinajstić information content (AvgIpc) is 2.71. The third kappa shape index (κ3) is 1.44. The molecule has 0 atom stereocenters. The van der Waals surface area contributed by atoms with Crippen LogP contribution in [0.4, 0.5) is 5.13 Å². The van der Waals surface area contributed by atoms with Crippen molar-refractivity contribution in [1.82, 2.24) is 14.8 Å². The number of methoxy groups -OCH3 is 1. The molecule has 0 aromatic carbocycles. The maximum absolute atomic E-state index is 5.53. The minimum absolute atomic E-state index is 0.546. The highest BCUT2D eigenvalue weighted by Crippen LogP contribution is 2.24. The van der Waals surface area contributed by atoms with E-state index in [-0.39, 0.29) is 0 Å². The molecule has 0 saturated carbocycles. The van der Waals surface area contributed by atoms with E-state index in [9.17, 15) is 0 Å². The van der Waals surface area contributed by atoms with Crippen LogP contribution in [0.2, 0.25) is 0 Å². The van der Waals surface area contributed by atoms with E-state index < -0.39 is 0 Å². The summed E-state index contributed by atoms with van der Waals surface area (Å²) < 4.78 is 6.76. The topological polar surface area (TPSA) is 66.0 Å². The predicted octanol–water partition coefficient (Wildman–Crippen LogP) is 1.13. The number of aryl methyl sites for hydroxylation is 1. The van der Waals surface area contributed by atoms with Crippen LogP contribution in [0, 0.1) is 0 Å². The van der Waals surface area contributed by atoms with E-state index in [0.717, 1.165) is 11.4 Å². The summed E-state index contributed by atoms with van der Waals surface area (Å²) in [6.45, 7) is 0. The van der Waals surface area contributed by atoms with Crippen molar-refractivity contribution in [1.29, 1.82) is 0 Å². The fourth-order valence-corrected chi connectivity index (χ4v) is 1.73. The molecule has 0 amide bonds. The molecule has 2 aromatic heterocycles. The number of nitrogens with two attached hydrogens (primary N) is 1. The molecule has 14 heavy (non-hydrogen) atoms. The van der Waals surface area contributed by atoms with Gasteiger partial charge < -0.3 is 10.5 Å². The van der Waals surface area contributed by atoms with E-state index in [1.54, 1.807) is 11.8 Å². The Balaban J connectivity index is 2.42. The summed E-state index contributed by atoms with van der Waals surface area (Å²) in [4.78, 5) is 4.13. The Morgan fingerprint density at radius 2 is 2.29 bits per heavy atom. The summed E-state index contributed by atoms with van der Waals surface area (Å²) in [5, 5.41) is 6.66. The highest BCUT2D eigenvalue weighted by Gasteiger charge is 2.09. The third-order valence-corrected chi connectivity index (χ3v) is 2.50. The van der Waals surface area contributed by atoms with E-state index in [1.165, 1.54) is 11.3 Å². The zero-order valence-corrected chi connectivity index (χ0v) is 8.71. The standard InChI is InChI=1S/C8H10N4OS/c1-12-7(13-2)3-5(11-12)6-4-14-8(9)10-6/h3-4H,1-2H3,(H2,9,10). The van der Waals surface area contributed by atoms with Crippen molar-refractivity contribution in [2.24, 2.45) is 7.05 Å². The van der Waals surface area contributed by atoms with Crippen LogP contribution in [0.25, 0.3) is 11.4 Å². The summed E-state index contributed by atoms with van der Waals surface area (Å²) in [7, 11) is 3.42. The zero-order chi connectivity index (χ0) is 10.1. The first-order valence-electron chi connectivity index (χ1n) is 4.00. The quantitative estimate of drug-likeness (QED) is 0.807. The van der Waals surface area contributed by atoms with Crippen molar-refractivity contribution in [2.75, 3.05) is 12.8 Å². The van der Waals surface area contributed by atoms with Crippen molar-refractivity contribution < 1.29 is 4.74 Å². The second kappa shape index (κ2) is 3.30. The van der Waals surface area contributed by atoms with Crippen molar-refractivity contribution in [3.63, 3.8) is 0 Å². The molecule has 0 aliphatic heterocycles. The van der Waals surface area contributed by atoms with E-state index in [4.69, 9.17) is 10.5 Å². The maximum atomic E-state index is 5.53. The van der Waals surface area contributed by atoms with Gasteiger partial charge in [-0.05, 0) is 0 Å². The second-order valence-corrected chi connectivity index (χ2v) is 3.66. The molecule has 2 rings (SSSR count). The lowest BCUT2D eigenvalue weighted by Crippen LogP contribution is -1.94. The van der Waals surface area contributed by atoms with Gasteiger partial charge in [-0.1, -0.05) is 0 Å². The molecule has 2 heterocycles. The molecule has 0 aliphatic rings. The van der Waals surface area contributed by atoms with Gasteiger partial charge in [0.05, 0.1) is 7.11 Å². The first-order chi connectivity index (χ1) is 6.70. The van der Waals surface area contributed by atoms with Gasteiger partial charge in [0.1, 0.15) is 11.4 Å². The normalized spacial score (nSPS) is 10.4. The monoisotopic (exact) mass is 210 g/mol. The van der Waals surface area contributed by atoms with Gasteiger partial charge in [0.2, 0.25) is 5.88 Å². The smallest absolute Gasteiger partial charge is 0.211 e. The van der Waals surface area contributed by atoms with E-state index in [1.807, 2.05) is 18.5 Å². The molecule has 5 nitrogen and oxygen atoms in total. The van der Waals surface area contributed by atoms with Crippen molar-refractivity contribution in [3.05, 3.63) is 11.4 Å². The lowest BCUT2D eigenvalue weighted by molar-refractivity contribution is 0.373. The Hall–Kier alpha value is -1.56. The molecular formula is C8H10N4OS. The summed E-state index contributed by atoms with van der Waals surface area (Å²) in [6.07, 6.45) is 0. The molecule has 0 aliphatic carbocycles. The SMILES string of the molecule is COc1cc(-c2csc(N)n2)nn1C. The van der Waals surface area contributed by atoms with Crippen molar-refractivity contribution >= 4 is 16.5 Å². The molecule has 74 valence electrons. The van der Waals surface area contributed by atoms with Gasteiger partial charge >= 0.3 is 0 Å². The molecule has 0 spiro atoms. The molecule has 2 aromatic rings. The largest absolute Gasteiger partial charge is 0.481 e. The van der Waals surface area contributed by atoms with Crippen LogP contribution in [-0.2, 0) is 7.05 Å². The van der Waals surface area contributed by atoms with Crippen LogP contribution in [0.3, 0.4) is 0 Å². The van der Waals surface area contributed by atoms with E-state index in [0.29, 0.717) is 11.0 Å². The van der Waals surface area contributed by atoms with E-state index in [2.05, 4.69) is 10.1 Å². The van der Waals surface area contributed by atoms with Gasteiger partial charge in [-0.2, -0.15) is 5.10 Å². The van der Waals surface area contributed by atoms with Gasteiger partial charge in [0.15, 0.2) is 5.13 Å². The number of anilines is 1. The Morgan fingerprint density at radius 1 is 1.50 bits per heavy atom. The molecule has 0 fully saturated rings. The van der Waals surface area contributed by atoms with Crippen LogP contribution in [0.15, 0.2) is 11.4 Å². The lowest BCUT2D eigenvalue weighted by Gasteiger charge is -1.95. The highest BCUT2D eigenvalue weighted by atomic mass is 32.1. The average molecular weight is 210 g/mol. The van der Waals surface area contributed by atoms with Gasteiger partial charge in [0, 0.05) is 18.5 Å². The fourth-order valence-electron chi connectivity index (χ4n) is 1.17. The predicted molar refractivity (Wildman–Crippen MR) is 55.3 cm³/mol. The number of ether oxygens (including phenoxy) is 1. The summed E-state index contributed by atoms with van der Waals surface area (Å²) in [6, 6.07) is 1.83. The molecule has 0 radical (unpaired) electrons. The minimum Gasteiger partial charge on any atom is -0.481 e. The number of hydrogen-bond donors (Lipinski definition) is 1. The van der Waals surface area contributed by atoms with Gasteiger partial charge in [-0.15, -0.1) is 11.3 Å². The van der Waals surface area contributed by atoms with Crippen LogP contribution in [-0.4, -0.2) is 21.9 Å². The first-order valence-corrected chi connectivity index (χ1v) is 4.88. The number of thiazole rings is 1. The van der Waals surface area contributed by atoms with Gasteiger partial charge in [0.25, 0.3) is 0 Å². The van der Waals surface area contributed by atoms with Crippen LogP contribution in [0.1, 0.15) is 0 Å². The highest BCUT2D eigenvalue weighted by molar-refractivity contribution is 7.13. The molecule has 6 heteroatoms. The Morgan fingerprint density at radius 3 is 2.79 bits per heavy atom. The van der Waals surface area contributed by atoms with E-state index >= 15 is 0 Å². The summed E-state index contributed by atoms with van der Waals surface area (Å²) in [5.41, 5.74) is 7.09. The second-order valence-electron chi connectivity index (χ2n) is 2.77. The Kier molecular flexibility index (Phi) is 2.12. The summed E-state index contributed by atoms with van der Waals surface area (Å²) in [5.74, 6) is 0.701. The maximum Gasteiger partial charge on any atom is 0.211 e. The zero-order valence-electron chi connectivity index (χ0n) is 7.89. The fraction of sp³-hybridized carbons (Fsp3) is 0.250. The number of rotatable bonds is 2. The number of nitrogen functional groups attached to an aromatic ring is 1. The number of aromatic nitrogens is 3. The van der Waals surface area contributed by atoms with Crippen LogP contribution in [0.5, 0.6) is 5.88 Å². The van der Waals surface area contributed by atoms with Gasteiger partial charge in [-0.25, -0.2) is 9.67 Å². The minimum atomic E-state index is 0.546. The first kappa shape index (κ1) is 9.01. The lowest BCUT2D eigenvalue weighted by atomic mass is 10.3. The molecule has 0 unspecified atom stereocenters. The molecule has 2 N–H and O–H groups in total. The molecule has 0 bridgehead atoms. The third-order valence-electron chi connectivity index (χ3n) is 1.83. The van der Waals surface area contributed by atoms with Crippen LogP contribution < -0.4 is 10.5 Å². The van der Waals surface area contributed by atoms with Crippen molar-refractivity contribution in [2.45, 2.75) is 0 Å². The number of hydrogen-bond acceptors (Lipinski definition) is 5. The summed E-state index contributed by atoms with van der Waals surface area (Å²) >= 11 is 1.40. The Bertz CT molecular complexity index is 448. The van der Waals surface area contributed by atoms with Crippen molar-refractivity contribution in [3.8, 4) is 17.3 Å². The van der Waals surface area contributed by atoms with Gasteiger partial charge in [-0.3, -0.25) is 0 Å². The van der Waals surface area contributed by atoms with Crippen LogP contribution >= 0.6 is 11.3 Å². The number of nitrogens with zero attached hydrogens (tertiary/aromatic N) is 3.